The molecule has 0 aliphatic heterocycles. The Labute approximate surface area is 154 Å². The van der Waals surface area contributed by atoms with Crippen molar-refractivity contribution in [2.45, 2.75) is 36.4 Å². The van der Waals surface area contributed by atoms with Gasteiger partial charge in [-0.1, -0.05) is 11.6 Å². The van der Waals surface area contributed by atoms with Crippen molar-refractivity contribution >= 4 is 27.4 Å². The third-order valence-corrected chi connectivity index (χ3v) is 6.61. The molecule has 2 unspecified atom stereocenters. The molecule has 1 aromatic carbocycles. The predicted octanol–water partition coefficient (Wildman–Crippen LogP) is 3.04. The van der Waals surface area contributed by atoms with Crippen molar-refractivity contribution in [2.24, 2.45) is 0 Å². The summed E-state index contributed by atoms with van der Waals surface area (Å²) in [5.41, 5.74) is 0. The molecule has 7 heteroatoms. The van der Waals surface area contributed by atoms with Crippen LogP contribution in [0.2, 0.25) is 14.9 Å². The molecule has 0 saturated carbocycles. The Bertz CT molecular complexity index is 604. The molecule has 2 aromatic rings. The summed E-state index contributed by atoms with van der Waals surface area (Å²) in [5.74, 6) is 1.51. The molecule has 1 aromatic heterocycles. The first kappa shape index (κ1) is 19.2. The van der Waals surface area contributed by atoms with E-state index in [9.17, 15) is 5.11 Å². The van der Waals surface area contributed by atoms with Crippen LogP contribution in [0.5, 0.6) is 11.5 Å². The van der Waals surface area contributed by atoms with Crippen LogP contribution in [0.1, 0.15) is 13.8 Å². The van der Waals surface area contributed by atoms with Gasteiger partial charge in [0.15, 0.2) is 0 Å². The molecular formula is C17H24AsClN2O3. The second-order valence-corrected chi connectivity index (χ2v) is 10.3. The van der Waals surface area contributed by atoms with Gasteiger partial charge in [0.1, 0.15) is 0 Å². The molecule has 2 atom stereocenters. The van der Waals surface area contributed by atoms with Gasteiger partial charge in [0.2, 0.25) is 0 Å². The number of benzene rings is 1. The molecule has 0 bridgehead atoms. The molecular weight excluding hydrogens is 391 g/mol. The summed E-state index contributed by atoms with van der Waals surface area (Å²) in [5, 5.41) is 15.5. The van der Waals surface area contributed by atoms with Gasteiger partial charge >= 0.3 is 120 Å². The fraction of sp³-hybridized carbons (Fsp3) is 0.471. The fourth-order valence-corrected chi connectivity index (χ4v) is 3.94. The van der Waals surface area contributed by atoms with Crippen molar-refractivity contribution in [3.63, 3.8) is 0 Å². The number of aliphatic hydroxyl groups is 1. The van der Waals surface area contributed by atoms with Gasteiger partial charge in [-0.25, -0.2) is 0 Å². The molecule has 1 N–H and O–H groups in total. The van der Waals surface area contributed by atoms with Crippen LogP contribution in [-0.2, 0) is 6.54 Å². The minimum absolute atomic E-state index is 0.0835. The van der Waals surface area contributed by atoms with Crippen LogP contribution >= 0.6 is 11.6 Å². The number of hydrogen-bond donors (Lipinski definition) is 1. The molecule has 132 valence electrons. The van der Waals surface area contributed by atoms with Crippen molar-refractivity contribution < 1.29 is 14.6 Å². The van der Waals surface area contributed by atoms with E-state index in [0.717, 1.165) is 16.7 Å². The van der Waals surface area contributed by atoms with Crippen LogP contribution < -0.4 is 9.47 Å². The molecule has 0 amide bonds. The van der Waals surface area contributed by atoms with Gasteiger partial charge in [-0.15, -0.1) is 0 Å². The van der Waals surface area contributed by atoms with E-state index < -0.39 is 0 Å². The van der Waals surface area contributed by atoms with Crippen LogP contribution in [0.25, 0.3) is 0 Å². The van der Waals surface area contributed by atoms with Gasteiger partial charge in [0.05, 0.1) is 11.2 Å². The van der Waals surface area contributed by atoms with Gasteiger partial charge in [0, 0.05) is 6.20 Å². The monoisotopic (exact) mass is 414 g/mol. The topological polar surface area (TPSA) is 56.5 Å². The Hall–Kier alpha value is -1.16. The predicted molar refractivity (Wildman–Crippen MR) is 97.7 cm³/mol. The van der Waals surface area contributed by atoms with Crippen LogP contribution in [0.4, 0.5) is 0 Å². The summed E-state index contributed by atoms with van der Waals surface area (Å²) in [7, 11) is 0. The number of aromatic nitrogens is 2. The van der Waals surface area contributed by atoms with E-state index in [1.54, 1.807) is 17.1 Å². The molecule has 0 spiro atoms. The van der Waals surface area contributed by atoms with E-state index in [2.05, 4.69) is 18.9 Å². The van der Waals surface area contributed by atoms with Crippen LogP contribution in [0.3, 0.4) is 0 Å². The number of halogens is 1. The second-order valence-electron chi connectivity index (χ2n) is 5.77. The third kappa shape index (κ3) is 7.16. The first-order chi connectivity index (χ1) is 11.5. The maximum atomic E-state index is 9.90. The second kappa shape index (κ2) is 9.97. The summed E-state index contributed by atoms with van der Waals surface area (Å²) < 4.78 is 13.7. The summed E-state index contributed by atoms with van der Waals surface area (Å²) in [4.78, 5) is 0. The maximum absolute atomic E-state index is 9.90. The molecule has 0 aliphatic carbocycles. The van der Waals surface area contributed by atoms with Crippen LogP contribution in [0, 0.1) is 0 Å². The zero-order valence-electron chi connectivity index (χ0n) is 14.0. The molecule has 0 aliphatic rings. The van der Waals surface area contributed by atoms with E-state index in [0.29, 0.717) is 29.5 Å². The standard InChI is InChI=1S/C17H24AsClN2O3/c1-13(2)18-9-15(22)12-24-17-5-3-16(4-6-17)23-8-7-21-11-14(19)10-20-21/h3-6,10-11,13,15,18,22H,7-9,12H2,1-2H3. The van der Waals surface area contributed by atoms with E-state index in [1.807, 2.05) is 24.3 Å². The fourth-order valence-electron chi connectivity index (χ4n) is 1.97. The molecule has 1 heterocycles. The van der Waals surface area contributed by atoms with Crippen LogP contribution in [0.15, 0.2) is 36.7 Å². The molecule has 24 heavy (non-hydrogen) atoms. The molecule has 0 saturated heterocycles. The Balaban J connectivity index is 1.68. The Kier molecular flexibility index (Phi) is 7.96. The SMILES string of the molecule is CC(C)[AsH]CC(O)COc1ccc(OCCn2cc(Cl)cn2)cc1. The van der Waals surface area contributed by atoms with Crippen molar-refractivity contribution in [1.82, 2.24) is 9.78 Å². The normalized spacial score (nSPS) is 12.9. The molecule has 0 radical (unpaired) electrons. The Morgan fingerprint density at radius 1 is 1.21 bits per heavy atom. The summed E-state index contributed by atoms with van der Waals surface area (Å²) in [6.07, 6.45) is 2.99. The summed E-state index contributed by atoms with van der Waals surface area (Å²) in [6.45, 7) is 5.89. The number of ether oxygens (including phenoxy) is 2. The summed E-state index contributed by atoms with van der Waals surface area (Å²) >= 11 is 5.72. The number of hydrogen-bond acceptors (Lipinski definition) is 4. The molecule has 0 fully saturated rings. The van der Waals surface area contributed by atoms with E-state index in [4.69, 9.17) is 21.1 Å². The number of aliphatic hydroxyl groups excluding tert-OH is 1. The number of nitrogens with zero attached hydrogens (tertiary/aromatic N) is 2. The quantitative estimate of drug-likeness (QED) is 0.607. The van der Waals surface area contributed by atoms with Gasteiger partial charge in [-0.3, -0.25) is 0 Å². The zero-order valence-corrected chi connectivity index (χ0v) is 16.8. The van der Waals surface area contributed by atoms with Crippen molar-refractivity contribution in [3.05, 3.63) is 41.7 Å². The molecule has 5 nitrogen and oxygen atoms in total. The Morgan fingerprint density at radius 2 is 1.88 bits per heavy atom. The van der Waals surface area contributed by atoms with Gasteiger partial charge in [-0.2, -0.15) is 5.10 Å². The average molecular weight is 415 g/mol. The van der Waals surface area contributed by atoms with Crippen LogP contribution in [-0.4, -0.2) is 50.0 Å². The number of rotatable bonds is 10. The zero-order chi connectivity index (χ0) is 17.4. The minimum atomic E-state index is -0.371. The Morgan fingerprint density at radius 3 is 2.46 bits per heavy atom. The van der Waals surface area contributed by atoms with Crippen molar-refractivity contribution in [1.29, 1.82) is 0 Å². The van der Waals surface area contributed by atoms with Gasteiger partial charge in [0.25, 0.3) is 0 Å². The van der Waals surface area contributed by atoms with E-state index >= 15 is 0 Å². The molecule has 2 rings (SSSR count). The average Bonchev–Trinajstić information content (AvgIpc) is 2.97. The first-order valence-electron chi connectivity index (χ1n) is 7.98. The third-order valence-electron chi connectivity index (χ3n) is 3.22. The van der Waals surface area contributed by atoms with Gasteiger partial charge in [-0.05, 0) is 0 Å². The van der Waals surface area contributed by atoms with Crippen molar-refractivity contribution in [3.8, 4) is 11.5 Å². The van der Waals surface area contributed by atoms with E-state index in [-0.39, 0.29) is 21.9 Å². The summed E-state index contributed by atoms with van der Waals surface area (Å²) in [6, 6.07) is 7.43. The first-order valence-corrected chi connectivity index (χ1v) is 11.1. The van der Waals surface area contributed by atoms with Gasteiger partial charge < -0.3 is 0 Å². The van der Waals surface area contributed by atoms with Crippen molar-refractivity contribution in [2.75, 3.05) is 13.2 Å². The van der Waals surface area contributed by atoms with E-state index in [1.165, 1.54) is 0 Å².